The third kappa shape index (κ3) is 3.12. The van der Waals surface area contributed by atoms with Gasteiger partial charge in [-0.1, -0.05) is 25.8 Å². The van der Waals surface area contributed by atoms with Crippen LogP contribution in [0.25, 0.3) is 0 Å². The maximum Gasteiger partial charge on any atom is 0.0579 e. The minimum atomic E-state index is -0.251. The summed E-state index contributed by atoms with van der Waals surface area (Å²) in [6.07, 6.45) is 7.04. The van der Waals surface area contributed by atoms with Crippen LogP contribution >= 0.6 is 0 Å². The van der Waals surface area contributed by atoms with Crippen LogP contribution in [-0.2, 0) is 0 Å². The molecule has 0 amide bonds. The molecule has 2 N–H and O–H groups in total. The Morgan fingerprint density at radius 3 is 2.70 bits per heavy atom. The first-order chi connectivity index (χ1) is 9.34. The number of aliphatic hydroxyl groups excluding tert-OH is 2. The predicted octanol–water partition coefficient (Wildman–Crippen LogP) is 3.92. The van der Waals surface area contributed by atoms with E-state index in [2.05, 4.69) is 20.4 Å². The van der Waals surface area contributed by atoms with Crippen molar-refractivity contribution in [2.45, 2.75) is 77.9 Å². The SMILES string of the molecule is C=C(C)CC(O)CC(C)[C@H]1CC[C@@H]2[C@@H](O)CCC[C@@]12C. The topological polar surface area (TPSA) is 40.5 Å². The van der Waals surface area contributed by atoms with E-state index >= 15 is 0 Å². The van der Waals surface area contributed by atoms with E-state index in [0.717, 1.165) is 31.3 Å². The van der Waals surface area contributed by atoms with Gasteiger partial charge >= 0.3 is 0 Å². The van der Waals surface area contributed by atoms with Gasteiger partial charge in [0.05, 0.1) is 12.2 Å². The molecule has 0 aromatic rings. The van der Waals surface area contributed by atoms with E-state index in [0.29, 0.717) is 23.2 Å². The van der Waals surface area contributed by atoms with Crippen molar-refractivity contribution in [2.75, 3.05) is 0 Å². The Labute approximate surface area is 124 Å². The molecule has 0 heterocycles. The molecule has 2 fully saturated rings. The van der Waals surface area contributed by atoms with Crippen molar-refractivity contribution in [3.63, 3.8) is 0 Å². The molecular formula is C18H32O2. The van der Waals surface area contributed by atoms with Crippen LogP contribution in [0.15, 0.2) is 12.2 Å². The fourth-order valence-corrected chi connectivity index (χ4v) is 5.20. The normalized spacial score (nSPS) is 40.1. The van der Waals surface area contributed by atoms with E-state index in [9.17, 15) is 10.2 Å². The maximum atomic E-state index is 10.3. The molecule has 20 heavy (non-hydrogen) atoms. The van der Waals surface area contributed by atoms with E-state index in [1.165, 1.54) is 19.3 Å². The number of aliphatic hydroxyl groups is 2. The summed E-state index contributed by atoms with van der Waals surface area (Å²) in [5.41, 5.74) is 1.35. The quantitative estimate of drug-likeness (QED) is 0.749. The molecule has 0 aliphatic heterocycles. The first kappa shape index (κ1) is 16.0. The van der Waals surface area contributed by atoms with Gasteiger partial charge in [-0.15, -0.1) is 6.58 Å². The summed E-state index contributed by atoms with van der Waals surface area (Å²) in [5.74, 6) is 1.67. The van der Waals surface area contributed by atoms with Crippen molar-refractivity contribution in [2.24, 2.45) is 23.2 Å². The van der Waals surface area contributed by atoms with Gasteiger partial charge in [0.2, 0.25) is 0 Å². The molecule has 2 heteroatoms. The second-order valence-corrected chi connectivity index (χ2v) is 7.78. The van der Waals surface area contributed by atoms with Gasteiger partial charge in [0.25, 0.3) is 0 Å². The summed E-state index contributed by atoms with van der Waals surface area (Å²) < 4.78 is 0. The van der Waals surface area contributed by atoms with Crippen LogP contribution in [-0.4, -0.2) is 22.4 Å². The van der Waals surface area contributed by atoms with Crippen LogP contribution in [0.3, 0.4) is 0 Å². The zero-order chi connectivity index (χ0) is 14.9. The third-order valence-electron chi connectivity index (χ3n) is 6.08. The summed E-state index contributed by atoms with van der Waals surface area (Å²) in [5, 5.41) is 20.5. The number of rotatable bonds is 5. The first-order valence-corrected chi connectivity index (χ1v) is 8.35. The molecule has 2 unspecified atom stereocenters. The fourth-order valence-electron chi connectivity index (χ4n) is 5.20. The van der Waals surface area contributed by atoms with E-state index in [4.69, 9.17) is 0 Å². The summed E-state index contributed by atoms with van der Waals surface area (Å²) in [6.45, 7) is 10.6. The van der Waals surface area contributed by atoms with E-state index in [1.807, 2.05) is 6.92 Å². The first-order valence-electron chi connectivity index (χ1n) is 8.35. The lowest BCUT2D eigenvalue weighted by atomic mass is 9.61. The second-order valence-electron chi connectivity index (χ2n) is 7.78. The minimum absolute atomic E-state index is 0.0914. The Bertz CT molecular complexity index is 351. The highest BCUT2D eigenvalue weighted by Gasteiger charge is 2.52. The molecule has 116 valence electrons. The molecule has 2 rings (SSSR count). The minimum Gasteiger partial charge on any atom is -0.393 e. The molecule has 2 aliphatic rings. The lowest BCUT2D eigenvalue weighted by Crippen LogP contribution is -2.41. The summed E-state index contributed by atoms with van der Waals surface area (Å²) >= 11 is 0. The van der Waals surface area contributed by atoms with Gasteiger partial charge in [-0.25, -0.2) is 0 Å². The lowest BCUT2D eigenvalue weighted by Gasteiger charge is -2.45. The summed E-state index contributed by atoms with van der Waals surface area (Å²) in [4.78, 5) is 0. The van der Waals surface area contributed by atoms with Crippen LogP contribution in [0.1, 0.15) is 65.7 Å². The van der Waals surface area contributed by atoms with E-state index in [-0.39, 0.29) is 12.2 Å². The van der Waals surface area contributed by atoms with Crippen LogP contribution in [0.2, 0.25) is 0 Å². The monoisotopic (exact) mass is 280 g/mol. The van der Waals surface area contributed by atoms with E-state index < -0.39 is 0 Å². The van der Waals surface area contributed by atoms with Crippen molar-refractivity contribution in [3.05, 3.63) is 12.2 Å². The van der Waals surface area contributed by atoms with Crippen LogP contribution in [0.4, 0.5) is 0 Å². The van der Waals surface area contributed by atoms with Gasteiger partial charge in [0.15, 0.2) is 0 Å². The molecule has 2 nitrogen and oxygen atoms in total. The van der Waals surface area contributed by atoms with Crippen molar-refractivity contribution in [1.29, 1.82) is 0 Å². The molecule has 0 aromatic carbocycles. The Balaban J connectivity index is 2.00. The number of hydrogen-bond donors (Lipinski definition) is 2. The zero-order valence-corrected chi connectivity index (χ0v) is 13.4. The molecule has 6 atom stereocenters. The summed E-state index contributed by atoms with van der Waals surface area (Å²) in [6, 6.07) is 0. The standard InChI is InChI=1S/C18H32O2/c1-12(2)10-14(19)11-13(3)15-7-8-16-17(20)6-5-9-18(15,16)4/h13-17,19-20H,1,5-11H2,2-4H3/t13?,14?,15-,16-,17+,18+/m1/s1. The molecule has 2 aliphatic carbocycles. The Morgan fingerprint density at radius 1 is 1.35 bits per heavy atom. The molecular weight excluding hydrogens is 248 g/mol. The highest BCUT2D eigenvalue weighted by atomic mass is 16.3. The van der Waals surface area contributed by atoms with Crippen molar-refractivity contribution in [1.82, 2.24) is 0 Å². The second kappa shape index (κ2) is 6.19. The molecule has 0 aromatic heterocycles. The van der Waals surface area contributed by atoms with Crippen LogP contribution in [0, 0.1) is 23.2 Å². The highest BCUT2D eigenvalue weighted by molar-refractivity contribution is 5.02. The van der Waals surface area contributed by atoms with Gasteiger partial charge in [0, 0.05) is 0 Å². The lowest BCUT2D eigenvalue weighted by molar-refractivity contribution is -0.0313. The average Bonchev–Trinajstić information content (AvgIpc) is 2.66. The number of fused-ring (bicyclic) bond motifs is 1. The molecule has 2 saturated carbocycles. The van der Waals surface area contributed by atoms with Crippen LogP contribution < -0.4 is 0 Å². The molecule has 0 spiro atoms. The smallest absolute Gasteiger partial charge is 0.0579 e. The van der Waals surface area contributed by atoms with Crippen LogP contribution in [0.5, 0.6) is 0 Å². The Kier molecular flexibility index (Phi) is 4.96. The van der Waals surface area contributed by atoms with Gasteiger partial charge in [-0.2, -0.15) is 0 Å². The summed E-state index contributed by atoms with van der Waals surface area (Å²) in [7, 11) is 0. The Hall–Kier alpha value is -0.340. The zero-order valence-electron chi connectivity index (χ0n) is 13.4. The van der Waals surface area contributed by atoms with Gasteiger partial charge < -0.3 is 10.2 Å². The van der Waals surface area contributed by atoms with Crippen molar-refractivity contribution >= 4 is 0 Å². The fraction of sp³-hybridized carbons (Fsp3) is 0.889. The molecule has 0 bridgehead atoms. The van der Waals surface area contributed by atoms with Gasteiger partial charge in [0.1, 0.15) is 0 Å². The van der Waals surface area contributed by atoms with Gasteiger partial charge in [-0.3, -0.25) is 0 Å². The highest BCUT2D eigenvalue weighted by Crippen LogP contribution is 2.58. The molecule has 0 radical (unpaired) electrons. The predicted molar refractivity (Wildman–Crippen MR) is 83.4 cm³/mol. The number of hydrogen-bond acceptors (Lipinski definition) is 2. The van der Waals surface area contributed by atoms with Crippen molar-refractivity contribution < 1.29 is 10.2 Å². The Morgan fingerprint density at radius 2 is 2.05 bits per heavy atom. The van der Waals surface area contributed by atoms with Crippen molar-refractivity contribution in [3.8, 4) is 0 Å². The largest absolute Gasteiger partial charge is 0.393 e. The third-order valence-corrected chi connectivity index (χ3v) is 6.08. The average molecular weight is 280 g/mol. The van der Waals surface area contributed by atoms with Gasteiger partial charge in [-0.05, 0) is 68.6 Å². The van der Waals surface area contributed by atoms with E-state index in [1.54, 1.807) is 0 Å². The maximum absolute atomic E-state index is 10.3. The molecule has 0 saturated heterocycles.